The predicted octanol–water partition coefficient (Wildman–Crippen LogP) is 3.86. The van der Waals surface area contributed by atoms with E-state index in [1.807, 2.05) is 44.2 Å². The summed E-state index contributed by atoms with van der Waals surface area (Å²) in [5.41, 5.74) is 1.62. The van der Waals surface area contributed by atoms with Crippen molar-refractivity contribution in [3.63, 3.8) is 0 Å². The van der Waals surface area contributed by atoms with Gasteiger partial charge in [0, 0.05) is 19.6 Å². The number of hydrogen-bond acceptors (Lipinski definition) is 3. The Hall–Kier alpha value is -3.15. The van der Waals surface area contributed by atoms with E-state index in [9.17, 15) is 14.4 Å². The summed E-state index contributed by atoms with van der Waals surface area (Å²) in [6.45, 7) is 5.56. The van der Waals surface area contributed by atoms with E-state index in [0.29, 0.717) is 24.2 Å². The van der Waals surface area contributed by atoms with Gasteiger partial charge in [-0.3, -0.25) is 14.5 Å². The van der Waals surface area contributed by atoms with E-state index in [1.54, 1.807) is 29.2 Å². The minimum absolute atomic E-state index is 0.165. The van der Waals surface area contributed by atoms with Crippen LogP contribution in [0.3, 0.4) is 0 Å². The second-order valence-electron chi connectivity index (χ2n) is 7.13. The first-order valence-corrected chi connectivity index (χ1v) is 10.1. The van der Waals surface area contributed by atoms with E-state index < -0.39 is 6.04 Å². The number of carbonyl (C=O) groups is 3. The van der Waals surface area contributed by atoms with Crippen LogP contribution in [0.5, 0.6) is 0 Å². The standard InChI is InChI=1S/C23H27N3O3/c1-3-14-25(15-4-2)23(29)24-16-20(17-10-6-5-7-11-17)26-21(27)18-12-8-9-13-19(18)22(26)28/h5-13,20H,3-4,14-16H2,1-2H3,(H,24,29). The molecule has 152 valence electrons. The molecule has 1 unspecified atom stereocenters. The lowest BCUT2D eigenvalue weighted by Gasteiger charge is -2.29. The van der Waals surface area contributed by atoms with Crippen molar-refractivity contribution >= 4 is 17.8 Å². The molecule has 3 rings (SSSR count). The average Bonchev–Trinajstić information content (AvgIpc) is 3.00. The molecule has 29 heavy (non-hydrogen) atoms. The number of hydrogen-bond donors (Lipinski definition) is 1. The van der Waals surface area contributed by atoms with Gasteiger partial charge in [-0.25, -0.2) is 4.79 Å². The molecule has 1 atom stereocenters. The van der Waals surface area contributed by atoms with Gasteiger partial charge in [0.25, 0.3) is 11.8 Å². The van der Waals surface area contributed by atoms with Crippen molar-refractivity contribution in [2.45, 2.75) is 32.7 Å². The van der Waals surface area contributed by atoms with Crippen molar-refractivity contribution in [2.24, 2.45) is 0 Å². The third kappa shape index (κ3) is 4.31. The quantitative estimate of drug-likeness (QED) is 0.693. The molecule has 4 amide bonds. The molecule has 2 aromatic carbocycles. The van der Waals surface area contributed by atoms with Crippen molar-refractivity contribution in [1.29, 1.82) is 0 Å². The first kappa shape index (κ1) is 20.6. The lowest BCUT2D eigenvalue weighted by atomic mass is 10.1. The highest BCUT2D eigenvalue weighted by atomic mass is 16.2. The first-order chi connectivity index (χ1) is 14.1. The SMILES string of the molecule is CCCN(CCC)C(=O)NCC(c1ccccc1)N1C(=O)c2ccccc2C1=O. The monoisotopic (exact) mass is 393 g/mol. The molecule has 1 heterocycles. The van der Waals surface area contributed by atoms with Crippen LogP contribution >= 0.6 is 0 Å². The summed E-state index contributed by atoms with van der Waals surface area (Å²) in [4.78, 5) is 41.7. The van der Waals surface area contributed by atoms with Crippen LogP contribution in [0.25, 0.3) is 0 Å². The zero-order valence-electron chi connectivity index (χ0n) is 16.9. The van der Waals surface area contributed by atoms with Gasteiger partial charge < -0.3 is 10.2 Å². The van der Waals surface area contributed by atoms with Crippen molar-refractivity contribution in [3.05, 3.63) is 71.3 Å². The van der Waals surface area contributed by atoms with Crippen LogP contribution in [0.2, 0.25) is 0 Å². The molecule has 6 heteroatoms. The Morgan fingerprint density at radius 3 is 1.93 bits per heavy atom. The zero-order valence-corrected chi connectivity index (χ0v) is 16.9. The summed E-state index contributed by atoms with van der Waals surface area (Å²) in [6, 6.07) is 15.4. The molecule has 1 N–H and O–H groups in total. The summed E-state index contributed by atoms with van der Waals surface area (Å²) >= 11 is 0. The molecule has 0 fully saturated rings. The lowest BCUT2D eigenvalue weighted by molar-refractivity contribution is 0.0580. The molecule has 1 aliphatic rings. The van der Waals surface area contributed by atoms with Crippen LogP contribution in [0.4, 0.5) is 4.79 Å². The number of urea groups is 1. The molecule has 0 saturated carbocycles. The van der Waals surface area contributed by atoms with Crippen LogP contribution < -0.4 is 5.32 Å². The molecule has 0 aliphatic carbocycles. The first-order valence-electron chi connectivity index (χ1n) is 10.1. The van der Waals surface area contributed by atoms with Gasteiger partial charge in [0.15, 0.2) is 0 Å². The Balaban J connectivity index is 1.85. The molecule has 0 aromatic heterocycles. The molecular weight excluding hydrogens is 366 g/mol. The van der Waals surface area contributed by atoms with Gasteiger partial charge in [-0.1, -0.05) is 56.3 Å². The molecule has 2 aromatic rings. The smallest absolute Gasteiger partial charge is 0.317 e. The molecule has 1 aliphatic heterocycles. The van der Waals surface area contributed by atoms with Crippen LogP contribution in [0, 0.1) is 0 Å². The molecule has 0 spiro atoms. The molecule has 6 nitrogen and oxygen atoms in total. The van der Waals surface area contributed by atoms with E-state index in [0.717, 1.165) is 18.4 Å². The number of amides is 4. The van der Waals surface area contributed by atoms with Crippen LogP contribution in [-0.2, 0) is 0 Å². The van der Waals surface area contributed by atoms with Crippen molar-refractivity contribution in [3.8, 4) is 0 Å². The van der Waals surface area contributed by atoms with E-state index in [1.165, 1.54) is 4.90 Å². The van der Waals surface area contributed by atoms with Crippen LogP contribution in [0.1, 0.15) is 59.0 Å². The fraction of sp³-hybridized carbons (Fsp3) is 0.348. The van der Waals surface area contributed by atoms with Crippen molar-refractivity contribution in [2.75, 3.05) is 19.6 Å². The summed E-state index contributed by atoms with van der Waals surface area (Å²) in [5.74, 6) is -0.652. The molecule has 0 radical (unpaired) electrons. The highest BCUT2D eigenvalue weighted by molar-refractivity contribution is 6.21. The van der Waals surface area contributed by atoms with Crippen LogP contribution in [0.15, 0.2) is 54.6 Å². The van der Waals surface area contributed by atoms with Crippen molar-refractivity contribution in [1.82, 2.24) is 15.1 Å². The Morgan fingerprint density at radius 2 is 1.41 bits per heavy atom. The van der Waals surface area contributed by atoms with Gasteiger partial charge in [0.1, 0.15) is 0 Å². The highest BCUT2D eigenvalue weighted by Crippen LogP contribution is 2.31. The number of fused-ring (bicyclic) bond motifs is 1. The number of carbonyl (C=O) groups excluding carboxylic acids is 3. The second kappa shape index (κ2) is 9.37. The Morgan fingerprint density at radius 1 is 0.897 bits per heavy atom. The third-order valence-electron chi connectivity index (χ3n) is 5.04. The minimum Gasteiger partial charge on any atom is -0.336 e. The summed E-state index contributed by atoms with van der Waals surface area (Å²) in [5, 5.41) is 2.94. The maximum absolute atomic E-state index is 13.0. The molecule has 0 bridgehead atoms. The second-order valence-corrected chi connectivity index (χ2v) is 7.13. The predicted molar refractivity (Wildman–Crippen MR) is 112 cm³/mol. The third-order valence-corrected chi connectivity index (χ3v) is 5.04. The fourth-order valence-corrected chi connectivity index (χ4v) is 3.67. The van der Waals surface area contributed by atoms with Crippen molar-refractivity contribution < 1.29 is 14.4 Å². The van der Waals surface area contributed by atoms with E-state index in [-0.39, 0.29) is 24.4 Å². The maximum Gasteiger partial charge on any atom is 0.317 e. The Kier molecular flexibility index (Phi) is 6.65. The van der Waals surface area contributed by atoms with Crippen LogP contribution in [-0.4, -0.2) is 47.3 Å². The van der Waals surface area contributed by atoms with E-state index in [4.69, 9.17) is 0 Å². The van der Waals surface area contributed by atoms with Gasteiger partial charge in [0.05, 0.1) is 17.2 Å². The topological polar surface area (TPSA) is 69.7 Å². The van der Waals surface area contributed by atoms with Gasteiger partial charge in [-0.05, 0) is 30.5 Å². The van der Waals surface area contributed by atoms with Gasteiger partial charge in [-0.15, -0.1) is 0 Å². The maximum atomic E-state index is 13.0. The van der Waals surface area contributed by atoms with Gasteiger partial charge >= 0.3 is 6.03 Å². The number of imide groups is 1. The number of benzene rings is 2. The minimum atomic E-state index is -0.572. The van der Waals surface area contributed by atoms with E-state index in [2.05, 4.69) is 5.32 Å². The Bertz CT molecular complexity index is 841. The number of nitrogens with one attached hydrogen (secondary N) is 1. The van der Waals surface area contributed by atoms with Gasteiger partial charge in [0.2, 0.25) is 0 Å². The van der Waals surface area contributed by atoms with Gasteiger partial charge in [-0.2, -0.15) is 0 Å². The normalized spacial score (nSPS) is 13.9. The molecular formula is C23H27N3O3. The largest absolute Gasteiger partial charge is 0.336 e. The highest BCUT2D eigenvalue weighted by Gasteiger charge is 2.40. The van der Waals surface area contributed by atoms with E-state index >= 15 is 0 Å². The summed E-state index contributed by atoms with van der Waals surface area (Å²) in [7, 11) is 0. The fourth-order valence-electron chi connectivity index (χ4n) is 3.67. The summed E-state index contributed by atoms with van der Waals surface area (Å²) < 4.78 is 0. The molecule has 0 saturated heterocycles. The zero-order chi connectivity index (χ0) is 20.8. The average molecular weight is 393 g/mol. The number of nitrogens with zero attached hydrogens (tertiary/aromatic N) is 2. The summed E-state index contributed by atoms with van der Waals surface area (Å²) in [6.07, 6.45) is 1.74. The number of rotatable bonds is 8. The Labute approximate surface area is 171 Å². The lowest BCUT2D eigenvalue weighted by Crippen LogP contribution is -2.46.